The molecule has 2 N–H and O–H groups in total. The van der Waals surface area contributed by atoms with Gasteiger partial charge in [0.1, 0.15) is 0 Å². The molecule has 0 saturated carbocycles. The number of amides is 1. The maximum atomic E-state index is 12.5. The summed E-state index contributed by atoms with van der Waals surface area (Å²) in [6, 6.07) is 11.3. The Balaban J connectivity index is 1.74. The molecule has 0 spiro atoms. The molecule has 0 aromatic heterocycles. The van der Waals surface area contributed by atoms with Crippen molar-refractivity contribution >= 4 is 11.6 Å². The van der Waals surface area contributed by atoms with Crippen molar-refractivity contribution < 1.29 is 14.3 Å². The summed E-state index contributed by atoms with van der Waals surface area (Å²) in [4.78, 5) is 12.5. The normalized spacial score (nSPS) is 13.6. The maximum absolute atomic E-state index is 12.5. The zero-order valence-electron chi connectivity index (χ0n) is 14.2. The number of carbonyl (C=O) groups is 1. The van der Waals surface area contributed by atoms with Crippen LogP contribution in [0, 0.1) is 0 Å². The first-order valence-electron chi connectivity index (χ1n) is 8.02. The third-order valence-corrected chi connectivity index (χ3v) is 4.33. The summed E-state index contributed by atoms with van der Waals surface area (Å²) in [5.41, 5.74) is 3.97. The van der Waals surface area contributed by atoms with Crippen LogP contribution >= 0.6 is 0 Å². The van der Waals surface area contributed by atoms with E-state index in [0.29, 0.717) is 17.1 Å². The molecule has 1 amide bonds. The van der Waals surface area contributed by atoms with Gasteiger partial charge in [0.2, 0.25) is 0 Å². The summed E-state index contributed by atoms with van der Waals surface area (Å²) in [5.74, 6) is 1.25. The molecule has 2 aromatic rings. The highest BCUT2D eigenvalue weighted by atomic mass is 16.5. The second kappa shape index (κ2) is 6.83. The lowest BCUT2D eigenvalue weighted by molar-refractivity contribution is 0.0939. The Bertz CT molecular complexity index is 758. The zero-order chi connectivity index (χ0) is 17.1. The summed E-state index contributed by atoms with van der Waals surface area (Å²) in [6.45, 7) is 2.89. The van der Waals surface area contributed by atoms with Gasteiger partial charge in [-0.05, 0) is 54.8 Å². The van der Waals surface area contributed by atoms with E-state index in [1.54, 1.807) is 14.2 Å². The molecule has 0 fully saturated rings. The van der Waals surface area contributed by atoms with Crippen LogP contribution in [0.25, 0.3) is 0 Å². The minimum absolute atomic E-state index is 0.0769. The van der Waals surface area contributed by atoms with Crippen LogP contribution in [0.15, 0.2) is 36.4 Å². The average molecular weight is 326 g/mol. The van der Waals surface area contributed by atoms with E-state index in [1.807, 2.05) is 43.3 Å². The van der Waals surface area contributed by atoms with Gasteiger partial charge in [-0.1, -0.05) is 6.07 Å². The molecule has 126 valence electrons. The van der Waals surface area contributed by atoms with E-state index in [9.17, 15) is 4.79 Å². The number of nitrogens with one attached hydrogen (secondary N) is 2. The van der Waals surface area contributed by atoms with Crippen molar-refractivity contribution in [3.05, 3.63) is 53.1 Å². The fourth-order valence-electron chi connectivity index (χ4n) is 2.93. The van der Waals surface area contributed by atoms with Crippen LogP contribution in [0.3, 0.4) is 0 Å². The van der Waals surface area contributed by atoms with Crippen molar-refractivity contribution in [3.8, 4) is 11.5 Å². The minimum atomic E-state index is -0.135. The number of methoxy groups -OCH3 is 2. The van der Waals surface area contributed by atoms with Crippen molar-refractivity contribution in [2.75, 3.05) is 26.1 Å². The Hall–Kier alpha value is -2.69. The lowest BCUT2D eigenvalue weighted by atomic mass is 10.1. The SMILES string of the molecule is COc1ccc(C(C)NC(=O)c2ccc3c(c2)CCN3)cc1OC. The van der Waals surface area contributed by atoms with Gasteiger partial charge < -0.3 is 20.1 Å². The number of fused-ring (bicyclic) bond motifs is 1. The molecular weight excluding hydrogens is 304 g/mol. The van der Waals surface area contributed by atoms with Gasteiger partial charge in [-0.3, -0.25) is 4.79 Å². The molecule has 24 heavy (non-hydrogen) atoms. The third-order valence-electron chi connectivity index (χ3n) is 4.33. The molecule has 0 saturated heterocycles. The quantitative estimate of drug-likeness (QED) is 0.886. The number of ether oxygens (including phenoxy) is 2. The van der Waals surface area contributed by atoms with E-state index < -0.39 is 0 Å². The van der Waals surface area contributed by atoms with Crippen LogP contribution in [0.2, 0.25) is 0 Å². The first-order valence-corrected chi connectivity index (χ1v) is 8.02. The summed E-state index contributed by atoms with van der Waals surface area (Å²) >= 11 is 0. The van der Waals surface area contributed by atoms with Gasteiger partial charge in [0.05, 0.1) is 20.3 Å². The van der Waals surface area contributed by atoms with E-state index in [-0.39, 0.29) is 11.9 Å². The van der Waals surface area contributed by atoms with Crippen molar-refractivity contribution in [2.45, 2.75) is 19.4 Å². The number of benzene rings is 2. The zero-order valence-corrected chi connectivity index (χ0v) is 14.2. The molecule has 1 heterocycles. The minimum Gasteiger partial charge on any atom is -0.493 e. The maximum Gasteiger partial charge on any atom is 0.251 e. The van der Waals surface area contributed by atoms with Crippen LogP contribution in [0.1, 0.15) is 34.5 Å². The van der Waals surface area contributed by atoms with Crippen molar-refractivity contribution in [1.82, 2.24) is 5.32 Å². The van der Waals surface area contributed by atoms with Gasteiger partial charge in [-0.15, -0.1) is 0 Å². The molecule has 1 unspecified atom stereocenters. The number of hydrogen-bond donors (Lipinski definition) is 2. The fraction of sp³-hybridized carbons (Fsp3) is 0.316. The van der Waals surface area contributed by atoms with E-state index in [0.717, 1.165) is 24.2 Å². The molecule has 0 bridgehead atoms. The van der Waals surface area contributed by atoms with Crippen molar-refractivity contribution in [3.63, 3.8) is 0 Å². The number of carbonyl (C=O) groups excluding carboxylic acids is 1. The number of anilines is 1. The average Bonchev–Trinajstić information content (AvgIpc) is 3.08. The first kappa shape index (κ1) is 16.2. The van der Waals surface area contributed by atoms with Crippen LogP contribution < -0.4 is 20.1 Å². The highest BCUT2D eigenvalue weighted by molar-refractivity contribution is 5.95. The van der Waals surface area contributed by atoms with Crippen LogP contribution in [-0.2, 0) is 6.42 Å². The van der Waals surface area contributed by atoms with E-state index in [1.165, 1.54) is 5.56 Å². The molecule has 1 atom stereocenters. The second-order valence-electron chi connectivity index (χ2n) is 5.86. The van der Waals surface area contributed by atoms with Gasteiger partial charge in [-0.25, -0.2) is 0 Å². The third kappa shape index (κ3) is 3.15. The molecule has 1 aliphatic heterocycles. The monoisotopic (exact) mass is 326 g/mol. The van der Waals surface area contributed by atoms with Crippen LogP contribution in [0.5, 0.6) is 11.5 Å². The lowest BCUT2D eigenvalue weighted by Crippen LogP contribution is -2.26. The summed E-state index contributed by atoms with van der Waals surface area (Å²) in [6.07, 6.45) is 0.960. The predicted octanol–water partition coefficient (Wildman–Crippen LogP) is 3.16. The van der Waals surface area contributed by atoms with Crippen LogP contribution in [-0.4, -0.2) is 26.7 Å². The topological polar surface area (TPSA) is 59.6 Å². The largest absolute Gasteiger partial charge is 0.493 e. The molecule has 2 aromatic carbocycles. The highest BCUT2D eigenvalue weighted by Gasteiger charge is 2.16. The predicted molar refractivity (Wildman–Crippen MR) is 94.1 cm³/mol. The molecular formula is C19H22N2O3. The summed E-state index contributed by atoms with van der Waals surface area (Å²) < 4.78 is 10.6. The standard InChI is InChI=1S/C19H22N2O3/c1-12(13-5-7-17(23-2)18(11-13)24-3)21-19(22)15-4-6-16-14(10-15)8-9-20-16/h4-7,10-12,20H,8-9H2,1-3H3,(H,21,22). The highest BCUT2D eigenvalue weighted by Crippen LogP contribution is 2.30. The summed E-state index contributed by atoms with van der Waals surface area (Å²) in [5, 5.41) is 6.34. The lowest BCUT2D eigenvalue weighted by Gasteiger charge is -2.17. The van der Waals surface area contributed by atoms with E-state index >= 15 is 0 Å². The Morgan fingerprint density at radius 2 is 1.92 bits per heavy atom. The van der Waals surface area contributed by atoms with Gasteiger partial charge in [-0.2, -0.15) is 0 Å². The van der Waals surface area contributed by atoms with Crippen molar-refractivity contribution in [1.29, 1.82) is 0 Å². The van der Waals surface area contributed by atoms with Crippen molar-refractivity contribution in [2.24, 2.45) is 0 Å². The molecule has 1 aliphatic rings. The van der Waals surface area contributed by atoms with E-state index in [4.69, 9.17) is 9.47 Å². The number of hydrogen-bond acceptors (Lipinski definition) is 4. The van der Waals surface area contributed by atoms with Gasteiger partial charge in [0.25, 0.3) is 5.91 Å². The Morgan fingerprint density at radius 1 is 1.12 bits per heavy atom. The first-order chi connectivity index (χ1) is 11.6. The Morgan fingerprint density at radius 3 is 2.67 bits per heavy atom. The van der Waals surface area contributed by atoms with Gasteiger partial charge in [0.15, 0.2) is 11.5 Å². The smallest absolute Gasteiger partial charge is 0.251 e. The molecule has 3 rings (SSSR count). The number of rotatable bonds is 5. The van der Waals surface area contributed by atoms with E-state index in [2.05, 4.69) is 10.6 Å². The molecule has 0 radical (unpaired) electrons. The van der Waals surface area contributed by atoms with Gasteiger partial charge in [0, 0.05) is 17.8 Å². The molecule has 5 heteroatoms. The van der Waals surface area contributed by atoms with Gasteiger partial charge >= 0.3 is 0 Å². The summed E-state index contributed by atoms with van der Waals surface area (Å²) in [7, 11) is 3.20. The van der Waals surface area contributed by atoms with Crippen LogP contribution in [0.4, 0.5) is 5.69 Å². The second-order valence-corrected chi connectivity index (χ2v) is 5.86. The Labute approximate surface area is 142 Å². The molecule has 5 nitrogen and oxygen atoms in total. The Kier molecular flexibility index (Phi) is 4.60. The fourth-order valence-corrected chi connectivity index (χ4v) is 2.93. The molecule has 0 aliphatic carbocycles.